The summed E-state index contributed by atoms with van der Waals surface area (Å²) in [5.74, 6) is 0. The van der Waals surface area contributed by atoms with Crippen molar-refractivity contribution in [3.63, 3.8) is 0 Å². The molecule has 0 saturated carbocycles. The van der Waals surface area contributed by atoms with Crippen molar-refractivity contribution < 1.29 is 0 Å². The predicted molar refractivity (Wildman–Crippen MR) is 69.9 cm³/mol. The van der Waals surface area contributed by atoms with Crippen LogP contribution in [0.5, 0.6) is 0 Å². The second-order valence-corrected chi connectivity index (χ2v) is 4.84. The molecule has 2 rings (SSSR count). The van der Waals surface area contributed by atoms with Gasteiger partial charge in [0.1, 0.15) is 0 Å². The van der Waals surface area contributed by atoms with Crippen molar-refractivity contribution in [3.05, 3.63) is 17.5 Å². The van der Waals surface area contributed by atoms with Crippen LogP contribution in [0.25, 0.3) is 0 Å². The third kappa shape index (κ3) is 2.87. The van der Waals surface area contributed by atoms with E-state index in [4.69, 9.17) is 0 Å². The Kier molecular flexibility index (Phi) is 4.18. The molecule has 1 aliphatic rings. The highest BCUT2D eigenvalue weighted by atomic mass is 15.3. The predicted octanol–water partition coefficient (Wildman–Crippen LogP) is 1.17. The smallest absolute Gasteiger partial charge is 0.0666 e. The summed E-state index contributed by atoms with van der Waals surface area (Å²) in [6.07, 6.45) is 4.47. The maximum absolute atomic E-state index is 4.52. The van der Waals surface area contributed by atoms with Crippen LogP contribution in [0.4, 0.5) is 0 Å². The van der Waals surface area contributed by atoms with Gasteiger partial charge in [-0.05, 0) is 25.9 Å². The summed E-state index contributed by atoms with van der Waals surface area (Å²) in [4.78, 5) is 2.57. The minimum absolute atomic E-state index is 0.699. The fraction of sp³-hybridized carbons (Fsp3) is 0.769. The van der Waals surface area contributed by atoms with Gasteiger partial charge in [0.2, 0.25) is 0 Å². The molecule has 0 aromatic carbocycles. The van der Waals surface area contributed by atoms with Gasteiger partial charge in [-0.1, -0.05) is 13.8 Å². The second-order valence-electron chi connectivity index (χ2n) is 4.84. The van der Waals surface area contributed by atoms with E-state index in [9.17, 15) is 0 Å². The zero-order valence-corrected chi connectivity index (χ0v) is 11.2. The number of aromatic nitrogens is 2. The monoisotopic (exact) mass is 236 g/mol. The molecule has 0 aliphatic carbocycles. The van der Waals surface area contributed by atoms with E-state index in [-0.39, 0.29) is 0 Å². The Morgan fingerprint density at radius 1 is 1.53 bits per heavy atom. The highest BCUT2D eigenvalue weighted by Crippen LogP contribution is 2.15. The number of nitrogens with one attached hydrogen (secondary N) is 1. The minimum Gasteiger partial charge on any atom is -0.315 e. The van der Waals surface area contributed by atoms with Crippen molar-refractivity contribution in [1.82, 2.24) is 20.0 Å². The van der Waals surface area contributed by atoms with Gasteiger partial charge in [-0.25, -0.2) is 0 Å². The van der Waals surface area contributed by atoms with Crippen molar-refractivity contribution in [2.45, 2.75) is 39.3 Å². The fourth-order valence-electron chi connectivity index (χ4n) is 2.68. The summed E-state index contributed by atoms with van der Waals surface area (Å²) in [5.41, 5.74) is 2.64. The second kappa shape index (κ2) is 5.65. The average molecular weight is 236 g/mol. The Morgan fingerprint density at radius 3 is 2.94 bits per heavy atom. The van der Waals surface area contributed by atoms with Crippen LogP contribution < -0.4 is 5.32 Å². The molecule has 0 bridgehead atoms. The van der Waals surface area contributed by atoms with E-state index in [1.54, 1.807) is 0 Å². The van der Waals surface area contributed by atoms with Gasteiger partial charge in [0.15, 0.2) is 0 Å². The molecule has 1 aromatic heterocycles. The standard InChI is InChI=1S/C13H24N4/c1-4-13-11(9-16(3)15-13)10-17(5-2)12-6-7-14-8-12/h9,12,14H,4-8,10H2,1-3H3. The Balaban J connectivity index is 2.06. The molecule has 1 fully saturated rings. The topological polar surface area (TPSA) is 33.1 Å². The van der Waals surface area contributed by atoms with Crippen LogP contribution in [0.3, 0.4) is 0 Å². The third-order valence-electron chi connectivity index (χ3n) is 3.66. The van der Waals surface area contributed by atoms with Gasteiger partial charge in [0, 0.05) is 37.9 Å². The van der Waals surface area contributed by atoms with Crippen LogP contribution in [0, 0.1) is 0 Å². The quantitative estimate of drug-likeness (QED) is 0.833. The number of hydrogen-bond donors (Lipinski definition) is 1. The third-order valence-corrected chi connectivity index (χ3v) is 3.66. The van der Waals surface area contributed by atoms with Crippen LogP contribution in [0.2, 0.25) is 0 Å². The van der Waals surface area contributed by atoms with Gasteiger partial charge in [-0.3, -0.25) is 9.58 Å². The SMILES string of the molecule is CCc1nn(C)cc1CN(CC)C1CCNC1. The molecule has 4 heteroatoms. The molecule has 1 atom stereocenters. The maximum Gasteiger partial charge on any atom is 0.0666 e. The van der Waals surface area contributed by atoms with Gasteiger partial charge in [0.05, 0.1) is 5.69 Å². The van der Waals surface area contributed by atoms with E-state index in [1.165, 1.54) is 17.7 Å². The van der Waals surface area contributed by atoms with Crippen LogP contribution in [0.1, 0.15) is 31.5 Å². The number of aryl methyl sites for hydroxylation is 2. The maximum atomic E-state index is 4.52. The highest BCUT2D eigenvalue weighted by molar-refractivity contribution is 5.17. The molecule has 1 saturated heterocycles. The number of rotatable bonds is 5. The van der Waals surface area contributed by atoms with E-state index in [1.807, 2.05) is 11.7 Å². The zero-order chi connectivity index (χ0) is 12.3. The van der Waals surface area contributed by atoms with Gasteiger partial charge >= 0.3 is 0 Å². The molecular weight excluding hydrogens is 212 g/mol. The lowest BCUT2D eigenvalue weighted by Crippen LogP contribution is -2.36. The summed E-state index contributed by atoms with van der Waals surface area (Å²) in [7, 11) is 2.01. The first kappa shape index (κ1) is 12.6. The Labute approximate surface area is 104 Å². The normalized spacial score (nSPS) is 20.4. The average Bonchev–Trinajstić information content (AvgIpc) is 2.94. The van der Waals surface area contributed by atoms with E-state index < -0.39 is 0 Å². The van der Waals surface area contributed by atoms with Crippen LogP contribution >= 0.6 is 0 Å². The van der Waals surface area contributed by atoms with Crippen molar-refractivity contribution >= 4 is 0 Å². The number of nitrogens with zero attached hydrogens (tertiary/aromatic N) is 3. The van der Waals surface area contributed by atoms with Crippen molar-refractivity contribution in [1.29, 1.82) is 0 Å². The van der Waals surface area contributed by atoms with Crippen LogP contribution in [-0.4, -0.2) is 40.4 Å². The molecule has 0 amide bonds. The summed E-state index contributed by atoms with van der Waals surface area (Å²) < 4.78 is 1.94. The van der Waals surface area contributed by atoms with Gasteiger partial charge < -0.3 is 5.32 Å². The molecule has 96 valence electrons. The lowest BCUT2D eigenvalue weighted by atomic mass is 10.1. The van der Waals surface area contributed by atoms with Crippen LogP contribution in [0.15, 0.2) is 6.20 Å². The minimum atomic E-state index is 0.699. The van der Waals surface area contributed by atoms with E-state index in [0.29, 0.717) is 6.04 Å². The Hall–Kier alpha value is -0.870. The van der Waals surface area contributed by atoms with Crippen molar-refractivity contribution in [3.8, 4) is 0 Å². The lowest BCUT2D eigenvalue weighted by Gasteiger charge is -2.26. The van der Waals surface area contributed by atoms with E-state index >= 15 is 0 Å². The van der Waals surface area contributed by atoms with Gasteiger partial charge in [-0.2, -0.15) is 5.10 Å². The first-order valence-electron chi connectivity index (χ1n) is 6.70. The molecular formula is C13H24N4. The summed E-state index contributed by atoms with van der Waals surface area (Å²) in [6.45, 7) is 8.88. The van der Waals surface area contributed by atoms with Gasteiger partial charge in [0.25, 0.3) is 0 Å². The van der Waals surface area contributed by atoms with Crippen molar-refractivity contribution in [2.24, 2.45) is 7.05 Å². The molecule has 17 heavy (non-hydrogen) atoms. The molecule has 1 aromatic rings. The molecule has 1 N–H and O–H groups in total. The van der Waals surface area contributed by atoms with Crippen molar-refractivity contribution in [2.75, 3.05) is 19.6 Å². The first-order chi connectivity index (χ1) is 8.24. The number of likely N-dealkylation sites (N-methyl/N-ethyl adjacent to an activating group) is 1. The molecule has 1 aliphatic heterocycles. The zero-order valence-electron chi connectivity index (χ0n) is 11.2. The highest BCUT2D eigenvalue weighted by Gasteiger charge is 2.22. The lowest BCUT2D eigenvalue weighted by molar-refractivity contribution is 0.210. The van der Waals surface area contributed by atoms with E-state index in [0.717, 1.165) is 32.6 Å². The largest absolute Gasteiger partial charge is 0.315 e. The van der Waals surface area contributed by atoms with E-state index in [2.05, 4.69) is 35.4 Å². The molecule has 0 radical (unpaired) electrons. The first-order valence-corrected chi connectivity index (χ1v) is 6.70. The van der Waals surface area contributed by atoms with Crippen LogP contribution in [-0.2, 0) is 20.0 Å². The number of hydrogen-bond acceptors (Lipinski definition) is 3. The fourth-order valence-corrected chi connectivity index (χ4v) is 2.68. The summed E-state index contributed by atoms with van der Waals surface area (Å²) in [6, 6.07) is 0.699. The summed E-state index contributed by atoms with van der Waals surface area (Å²) >= 11 is 0. The molecule has 4 nitrogen and oxygen atoms in total. The Morgan fingerprint density at radius 2 is 2.35 bits per heavy atom. The Bertz CT molecular complexity index is 352. The molecule has 2 heterocycles. The summed E-state index contributed by atoms with van der Waals surface area (Å²) in [5, 5.41) is 7.96. The molecule has 0 spiro atoms. The van der Waals surface area contributed by atoms with Gasteiger partial charge in [-0.15, -0.1) is 0 Å². The molecule has 1 unspecified atom stereocenters.